The normalized spacial score (nSPS) is 22.7. The van der Waals surface area contributed by atoms with E-state index in [1.54, 1.807) is 23.4 Å². The molecule has 2 aromatic rings. The number of aromatic nitrogens is 4. The molecule has 0 bridgehead atoms. The molecule has 1 aliphatic heterocycles. The third kappa shape index (κ3) is 4.79. The van der Waals surface area contributed by atoms with Crippen LogP contribution in [0.3, 0.4) is 0 Å². The molecule has 162 valence electrons. The third-order valence-electron chi connectivity index (χ3n) is 6.20. The quantitative estimate of drug-likeness (QED) is 0.758. The first-order valence-electron chi connectivity index (χ1n) is 10.8. The molecular weight excluding hydrogens is 384 g/mol. The van der Waals surface area contributed by atoms with Crippen molar-refractivity contribution in [1.29, 1.82) is 0 Å². The van der Waals surface area contributed by atoms with Crippen molar-refractivity contribution in [2.45, 2.75) is 51.2 Å². The molecule has 1 aliphatic carbocycles. The molecule has 30 heavy (non-hydrogen) atoms. The first kappa shape index (κ1) is 20.7. The van der Waals surface area contributed by atoms with E-state index in [1.807, 2.05) is 17.7 Å². The van der Waals surface area contributed by atoms with Gasteiger partial charge in [0.05, 0.1) is 19.3 Å². The van der Waals surface area contributed by atoms with Crippen LogP contribution in [0.25, 0.3) is 0 Å². The maximum Gasteiger partial charge on any atom is 0.263 e. The lowest BCUT2D eigenvalue weighted by Crippen LogP contribution is -2.42. The summed E-state index contributed by atoms with van der Waals surface area (Å²) in [7, 11) is 0. The van der Waals surface area contributed by atoms with Crippen molar-refractivity contribution in [2.24, 2.45) is 0 Å². The average molecular weight is 415 g/mol. The summed E-state index contributed by atoms with van der Waals surface area (Å²) in [5.74, 6) is -0.262. The van der Waals surface area contributed by atoms with Crippen LogP contribution in [0.15, 0.2) is 29.7 Å². The van der Waals surface area contributed by atoms with Gasteiger partial charge in [0.15, 0.2) is 0 Å². The van der Waals surface area contributed by atoms with Gasteiger partial charge in [-0.15, -0.1) is 0 Å². The van der Waals surface area contributed by atoms with Crippen LogP contribution in [0.4, 0.5) is 0 Å². The number of carbonyl (C=O) groups excluding carboxylic acids is 1. The number of aryl methyl sites for hydroxylation is 1. The number of rotatable bonds is 6. The Morgan fingerprint density at radius 1 is 1.20 bits per heavy atom. The monoisotopic (exact) mass is 414 g/mol. The lowest BCUT2D eigenvalue weighted by Gasteiger charge is -2.29. The Kier molecular flexibility index (Phi) is 6.59. The molecule has 1 amide bonds. The van der Waals surface area contributed by atoms with Crippen LogP contribution >= 0.6 is 0 Å². The summed E-state index contributed by atoms with van der Waals surface area (Å²) >= 11 is 0. The fraction of sp³-hybridized carbons (Fsp3) is 0.619. The average Bonchev–Trinajstić information content (AvgIpc) is 3.29. The first-order chi connectivity index (χ1) is 14.6. The van der Waals surface area contributed by atoms with Gasteiger partial charge in [-0.25, -0.2) is 9.67 Å². The van der Waals surface area contributed by atoms with Gasteiger partial charge >= 0.3 is 0 Å². The summed E-state index contributed by atoms with van der Waals surface area (Å²) in [6.45, 7) is 6.40. The smallest absolute Gasteiger partial charge is 0.263 e. The predicted octanol–water partition coefficient (Wildman–Crippen LogP) is 0.994. The number of carbonyl (C=O) groups is 1. The molecule has 9 nitrogen and oxygen atoms in total. The van der Waals surface area contributed by atoms with E-state index in [0.29, 0.717) is 12.6 Å². The molecule has 4 rings (SSSR count). The van der Waals surface area contributed by atoms with E-state index in [2.05, 4.69) is 20.3 Å². The molecule has 0 radical (unpaired) electrons. The predicted molar refractivity (Wildman–Crippen MR) is 111 cm³/mol. The van der Waals surface area contributed by atoms with E-state index in [9.17, 15) is 9.59 Å². The topological polar surface area (TPSA) is 94.3 Å². The molecule has 2 aromatic heterocycles. The van der Waals surface area contributed by atoms with Gasteiger partial charge in [0, 0.05) is 38.4 Å². The second-order valence-corrected chi connectivity index (χ2v) is 8.18. The minimum atomic E-state index is -0.262. The SMILES string of the molecule is Cc1ccn(CCN2CCOCC2)c(=O)c1C(=O)NC1CCC(n2cncn2)CC1. The van der Waals surface area contributed by atoms with Gasteiger partial charge in [-0.1, -0.05) is 0 Å². The molecule has 1 saturated carbocycles. The highest BCUT2D eigenvalue weighted by Gasteiger charge is 2.26. The Labute approximate surface area is 176 Å². The number of nitrogens with zero attached hydrogens (tertiary/aromatic N) is 5. The third-order valence-corrected chi connectivity index (χ3v) is 6.20. The number of hydrogen-bond acceptors (Lipinski definition) is 6. The minimum absolute atomic E-state index is 0.0816. The number of morpholine rings is 1. The maximum absolute atomic E-state index is 13.0. The number of pyridine rings is 1. The van der Waals surface area contributed by atoms with Crippen molar-refractivity contribution in [3.05, 3.63) is 46.4 Å². The molecule has 0 spiro atoms. The van der Waals surface area contributed by atoms with Crippen molar-refractivity contribution < 1.29 is 9.53 Å². The van der Waals surface area contributed by atoms with E-state index >= 15 is 0 Å². The summed E-state index contributed by atoms with van der Waals surface area (Å²) in [6.07, 6.45) is 8.70. The summed E-state index contributed by atoms with van der Waals surface area (Å²) in [5, 5.41) is 7.31. The summed E-state index contributed by atoms with van der Waals surface area (Å²) < 4.78 is 8.92. The van der Waals surface area contributed by atoms with Gasteiger partial charge in [0.2, 0.25) is 0 Å². The van der Waals surface area contributed by atoms with Crippen LogP contribution in [0.5, 0.6) is 0 Å². The van der Waals surface area contributed by atoms with Gasteiger partial charge in [-0.05, 0) is 44.2 Å². The summed E-state index contributed by atoms with van der Waals surface area (Å²) in [4.78, 5) is 32.2. The molecule has 1 N–H and O–H groups in total. The van der Waals surface area contributed by atoms with Crippen LogP contribution in [0, 0.1) is 6.92 Å². The van der Waals surface area contributed by atoms with Crippen LogP contribution < -0.4 is 10.9 Å². The Balaban J connectivity index is 1.36. The number of hydrogen-bond donors (Lipinski definition) is 1. The van der Waals surface area contributed by atoms with E-state index in [-0.39, 0.29) is 23.1 Å². The van der Waals surface area contributed by atoms with Crippen LogP contribution in [-0.2, 0) is 11.3 Å². The molecule has 0 atom stereocenters. The number of ether oxygens (including phenoxy) is 1. The van der Waals surface area contributed by atoms with Gasteiger partial charge in [0.1, 0.15) is 18.2 Å². The van der Waals surface area contributed by atoms with Crippen molar-refractivity contribution in [1.82, 2.24) is 29.5 Å². The fourth-order valence-electron chi connectivity index (χ4n) is 4.34. The second kappa shape index (κ2) is 9.53. The van der Waals surface area contributed by atoms with E-state index in [1.165, 1.54) is 0 Å². The molecular formula is C21H30N6O3. The second-order valence-electron chi connectivity index (χ2n) is 8.18. The highest BCUT2D eigenvalue weighted by molar-refractivity contribution is 5.95. The molecule has 0 aromatic carbocycles. The highest BCUT2D eigenvalue weighted by atomic mass is 16.5. The van der Waals surface area contributed by atoms with Gasteiger partial charge in [0.25, 0.3) is 11.5 Å². The van der Waals surface area contributed by atoms with Crippen molar-refractivity contribution >= 4 is 5.91 Å². The van der Waals surface area contributed by atoms with Crippen LogP contribution in [-0.4, -0.2) is 69.0 Å². The summed E-state index contributed by atoms with van der Waals surface area (Å²) in [6, 6.07) is 2.27. The van der Waals surface area contributed by atoms with Gasteiger partial charge in [-0.2, -0.15) is 5.10 Å². The standard InChI is InChI=1S/C21H30N6O3/c1-16-6-7-26(9-8-25-10-12-30-13-11-25)21(29)19(16)20(28)24-17-2-4-18(5-3-17)27-15-22-14-23-27/h6-7,14-15,17-18H,2-5,8-13H2,1H3,(H,24,28). The van der Waals surface area contributed by atoms with Crippen molar-refractivity contribution in [3.8, 4) is 0 Å². The Morgan fingerprint density at radius 2 is 1.97 bits per heavy atom. The zero-order chi connectivity index (χ0) is 20.9. The molecule has 1 saturated heterocycles. The van der Waals surface area contributed by atoms with E-state index in [4.69, 9.17) is 4.74 Å². The molecule has 9 heteroatoms. The molecule has 2 fully saturated rings. The Morgan fingerprint density at radius 3 is 2.67 bits per heavy atom. The lowest BCUT2D eigenvalue weighted by molar-refractivity contribution is 0.0362. The molecule has 2 aliphatic rings. The van der Waals surface area contributed by atoms with Gasteiger partial charge in [-0.3, -0.25) is 14.5 Å². The number of amides is 1. The highest BCUT2D eigenvalue weighted by Crippen LogP contribution is 2.27. The molecule has 0 unspecified atom stereocenters. The van der Waals surface area contributed by atoms with E-state index < -0.39 is 0 Å². The summed E-state index contributed by atoms with van der Waals surface area (Å²) in [5.41, 5.74) is 0.770. The maximum atomic E-state index is 13.0. The number of nitrogens with one attached hydrogen (secondary N) is 1. The minimum Gasteiger partial charge on any atom is -0.379 e. The Hall–Kier alpha value is -2.52. The van der Waals surface area contributed by atoms with E-state index in [0.717, 1.165) is 64.1 Å². The zero-order valence-corrected chi connectivity index (χ0v) is 17.5. The Bertz CT molecular complexity index is 896. The van der Waals surface area contributed by atoms with Crippen LogP contribution in [0.1, 0.15) is 47.6 Å². The molecule has 3 heterocycles. The fourth-order valence-corrected chi connectivity index (χ4v) is 4.34. The zero-order valence-electron chi connectivity index (χ0n) is 17.5. The van der Waals surface area contributed by atoms with Crippen molar-refractivity contribution in [2.75, 3.05) is 32.8 Å². The van der Waals surface area contributed by atoms with Gasteiger partial charge < -0.3 is 14.6 Å². The first-order valence-corrected chi connectivity index (χ1v) is 10.8. The largest absolute Gasteiger partial charge is 0.379 e. The van der Waals surface area contributed by atoms with Crippen molar-refractivity contribution in [3.63, 3.8) is 0 Å². The van der Waals surface area contributed by atoms with Crippen LogP contribution in [0.2, 0.25) is 0 Å². The lowest BCUT2D eigenvalue weighted by atomic mass is 9.91.